The monoisotopic (exact) mass is 1010 g/mol. The summed E-state index contributed by atoms with van der Waals surface area (Å²) in [6.07, 6.45) is 10.6. The molecule has 5 aromatic carbocycles. The van der Waals surface area contributed by atoms with Gasteiger partial charge in [-0.2, -0.15) is 18.2 Å². The second-order valence-electron chi connectivity index (χ2n) is 19.7. The molecule has 0 spiro atoms. The Morgan fingerprint density at radius 2 is 0.809 bits per heavy atom. The van der Waals surface area contributed by atoms with Crippen LogP contribution in [-0.4, -0.2) is 71.6 Å². The van der Waals surface area contributed by atoms with Crippen molar-refractivity contribution in [1.29, 1.82) is 0 Å². The van der Waals surface area contributed by atoms with Gasteiger partial charge in [0.25, 0.3) is 0 Å². The Hall–Kier alpha value is -4.13. The summed E-state index contributed by atoms with van der Waals surface area (Å²) in [5.41, 5.74) is 7.76. The zero-order valence-corrected chi connectivity index (χ0v) is 41.3. The fourth-order valence-electron chi connectivity index (χ4n) is 11.3. The van der Waals surface area contributed by atoms with Crippen LogP contribution < -0.4 is 21.3 Å². The van der Waals surface area contributed by atoms with Gasteiger partial charge < -0.3 is 46.8 Å². The Balaban J connectivity index is 0.00000625. The smallest absolute Gasteiger partial charge is 0.137 e. The predicted octanol–water partition coefficient (Wildman–Crippen LogP) is 8.29. The third-order valence-corrected chi connectivity index (χ3v) is 15.2. The standard InChI is InChI=1S/C56H71N6O5.Mo/c63-44-29-30-54(65)46(31-44)56(67)62-37-43-25-21-40(22-26-43)33-58-48-11-3-2-10-47(48)57-32-38-17-19-39(20-18-38)34-59-49-12-4-6-14-51(49)61(55(66)45-9-1-8-16-53(45)64)36-42-27-23-41(24-28-42)35-60-50-13-5-7-15-52(50)62;/h8-9,16-31,47-52,55-60,63-67H,2-7,10-15,32-37H2;/q-1;. The molecular formula is C56H71MoN6O5-. The zero-order chi connectivity index (χ0) is 46.1. The molecule has 3 fully saturated rings. The van der Waals surface area contributed by atoms with E-state index < -0.39 is 12.5 Å². The first-order valence-electron chi connectivity index (χ1n) is 25.0. The zero-order valence-electron chi connectivity index (χ0n) is 39.3. The van der Waals surface area contributed by atoms with Crippen molar-refractivity contribution >= 4 is 0 Å². The minimum Gasteiger partial charge on any atom is -0.533 e. The first kappa shape index (κ1) is 50.3. The van der Waals surface area contributed by atoms with Crippen LogP contribution in [0.2, 0.25) is 0 Å². The number of aromatic hydroxyl groups is 3. The van der Waals surface area contributed by atoms with Crippen LogP contribution in [0.5, 0.6) is 17.2 Å². The topological polar surface area (TPSA) is 156 Å². The van der Waals surface area contributed by atoms with Crippen molar-refractivity contribution < 1.29 is 46.6 Å². The van der Waals surface area contributed by atoms with Crippen molar-refractivity contribution in [3.63, 3.8) is 0 Å². The summed E-state index contributed by atoms with van der Waals surface area (Å²) >= 11 is 0. The molecule has 5 aromatic rings. The molecule has 7 aliphatic rings. The van der Waals surface area contributed by atoms with Gasteiger partial charge in [0.2, 0.25) is 0 Å². The number of fused-ring (bicyclic) bond motifs is 3. The van der Waals surface area contributed by atoms with Crippen LogP contribution in [0.1, 0.15) is 134 Å². The average molecular weight is 1000 g/mol. The number of aliphatic hydroxyl groups excluding tert-OH is 2. The molecule has 9 N–H and O–H groups in total. The molecule has 0 aromatic heterocycles. The quantitative estimate of drug-likeness (QED) is 0.0486. The molecule has 0 amide bonds. The first-order chi connectivity index (χ1) is 32.8. The SMILES string of the molecule is Oc1ccc(O)c(C(O)N2Cc3ccc(cc3)CNC3CCCCC3NCc3ccc(cc3)CNC3CCCCC3N(C(O)c3c[c-]ccc3O)Cc3ccc(cc3)CNC3CCCCC32)c1.[Mo]. The Labute approximate surface area is 417 Å². The van der Waals surface area contributed by atoms with Crippen LogP contribution in [0.4, 0.5) is 0 Å². The van der Waals surface area contributed by atoms with Gasteiger partial charge in [-0.1, -0.05) is 117 Å². The van der Waals surface area contributed by atoms with E-state index in [9.17, 15) is 25.5 Å². The molecule has 0 radical (unpaired) electrons. The van der Waals surface area contributed by atoms with Crippen molar-refractivity contribution in [2.45, 2.75) is 165 Å². The van der Waals surface area contributed by atoms with Gasteiger partial charge in [0.1, 0.15) is 17.7 Å². The van der Waals surface area contributed by atoms with Crippen LogP contribution in [0.3, 0.4) is 0 Å². The molecule has 0 saturated heterocycles. The predicted molar refractivity (Wildman–Crippen MR) is 263 cm³/mol. The number of nitrogens with zero attached hydrogens (tertiary/aromatic N) is 2. The van der Waals surface area contributed by atoms with E-state index in [2.05, 4.69) is 110 Å². The molecule has 8 unspecified atom stereocenters. The molecule has 3 saturated carbocycles. The summed E-state index contributed by atoms with van der Waals surface area (Å²) in [5.74, 6) is 0.0158. The Morgan fingerprint density at radius 3 is 1.25 bits per heavy atom. The van der Waals surface area contributed by atoms with Gasteiger partial charge in [0.05, 0.1) is 6.23 Å². The molecule has 8 atom stereocenters. The minimum absolute atomic E-state index is 0. The Bertz CT molecular complexity index is 2340. The molecule has 4 heterocycles. The maximum atomic E-state index is 12.2. The number of hydrogen-bond donors (Lipinski definition) is 9. The number of benzene rings is 5. The van der Waals surface area contributed by atoms with Crippen LogP contribution in [-0.2, 0) is 60.3 Å². The summed E-state index contributed by atoms with van der Waals surface area (Å²) in [5, 5.41) is 72.2. The van der Waals surface area contributed by atoms with Gasteiger partial charge in [-0.15, -0.1) is 6.07 Å². The van der Waals surface area contributed by atoms with E-state index in [0.717, 1.165) is 101 Å². The summed E-state index contributed by atoms with van der Waals surface area (Å²) in [6.45, 7) is 3.93. The van der Waals surface area contributed by atoms with E-state index in [1.54, 1.807) is 18.2 Å². The van der Waals surface area contributed by atoms with E-state index in [-0.39, 0.29) is 62.5 Å². The molecule has 11 nitrogen and oxygen atoms in total. The molecule has 3 aliphatic carbocycles. The fourth-order valence-corrected chi connectivity index (χ4v) is 11.3. The fraction of sp³-hybridized carbons (Fsp3) is 0.464. The summed E-state index contributed by atoms with van der Waals surface area (Å²) in [6, 6.07) is 39.7. The van der Waals surface area contributed by atoms with E-state index >= 15 is 0 Å². The number of hydrogen-bond acceptors (Lipinski definition) is 11. The average Bonchev–Trinajstić information content (AvgIpc) is 3.36. The number of aliphatic hydroxyl groups is 2. The molecule has 4 aliphatic heterocycles. The van der Waals surface area contributed by atoms with Gasteiger partial charge in [-0.05, 0) is 90.1 Å². The molecule has 12 rings (SSSR count). The van der Waals surface area contributed by atoms with Gasteiger partial charge in [-0.3, -0.25) is 9.80 Å². The van der Waals surface area contributed by atoms with Gasteiger partial charge in [-0.25, -0.2) is 0 Å². The number of rotatable bonds is 4. The third kappa shape index (κ3) is 12.6. The summed E-state index contributed by atoms with van der Waals surface area (Å²) in [7, 11) is 0. The number of phenolic OH excluding ortho intramolecular Hbond substituents is 3. The largest absolute Gasteiger partial charge is 0.533 e. The molecule has 6 bridgehead atoms. The first-order valence-corrected chi connectivity index (χ1v) is 25.0. The minimum atomic E-state index is -1.14. The van der Waals surface area contributed by atoms with Crippen molar-refractivity contribution in [3.8, 4) is 17.2 Å². The van der Waals surface area contributed by atoms with Crippen molar-refractivity contribution in [2.75, 3.05) is 0 Å². The van der Waals surface area contributed by atoms with Gasteiger partial charge in [0, 0.05) is 108 Å². The summed E-state index contributed by atoms with van der Waals surface area (Å²) < 4.78 is 0. The molecule has 12 heteroatoms. The maximum absolute atomic E-state index is 12.2. The van der Waals surface area contributed by atoms with E-state index in [1.165, 1.54) is 47.7 Å². The van der Waals surface area contributed by atoms with Crippen molar-refractivity contribution in [1.82, 2.24) is 31.1 Å². The van der Waals surface area contributed by atoms with Crippen LogP contribution >= 0.6 is 0 Å². The number of phenols is 3. The normalized spacial score (nSPS) is 25.8. The number of nitrogens with one attached hydrogen (secondary N) is 4. The van der Waals surface area contributed by atoms with Crippen LogP contribution in [0.25, 0.3) is 0 Å². The Morgan fingerprint density at radius 1 is 0.441 bits per heavy atom. The molecule has 68 heavy (non-hydrogen) atoms. The van der Waals surface area contributed by atoms with E-state index in [0.29, 0.717) is 42.8 Å². The third-order valence-electron chi connectivity index (χ3n) is 15.2. The van der Waals surface area contributed by atoms with Gasteiger partial charge in [0.15, 0.2) is 0 Å². The van der Waals surface area contributed by atoms with E-state index in [4.69, 9.17) is 0 Å². The van der Waals surface area contributed by atoms with Gasteiger partial charge >= 0.3 is 0 Å². The maximum Gasteiger partial charge on any atom is 0.137 e. The Kier molecular flexibility index (Phi) is 17.8. The van der Waals surface area contributed by atoms with Crippen LogP contribution in [0.15, 0.2) is 109 Å². The van der Waals surface area contributed by atoms with Crippen molar-refractivity contribution in [3.05, 3.63) is 160 Å². The molecular weight excluding hydrogens is 933 g/mol. The second kappa shape index (κ2) is 24.1. The molecule has 362 valence electrons. The van der Waals surface area contributed by atoms with Crippen LogP contribution in [0, 0.1) is 6.07 Å². The summed E-state index contributed by atoms with van der Waals surface area (Å²) in [4.78, 5) is 4.26. The second-order valence-corrected chi connectivity index (χ2v) is 19.7. The van der Waals surface area contributed by atoms with E-state index in [1.807, 2.05) is 0 Å². The van der Waals surface area contributed by atoms with Crippen molar-refractivity contribution in [2.24, 2.45) is 0 Å².